The first kappa shape index (κ1) is 25.9. The summed E-state index contributed by atoms with van der Waals surface area (Å²) in [5.74, 6) is 0.734. The molecule has 0 aliphatic rings. The number of aliphatic imine (C=N–C) groups is 1. The number of nitrogens with zero attached hydrogens (tertiary/aromatic N) is 1. The smallest absolute Gasteiger partial charge is 0.231 e. The first-order chi connectivity index (χ1) is 15.6. The van der Waals surface area contributed by atoms with Gasteiger partial charge in [-0.1, -0.05) is 57.2 Å². The minimum absolute atomic E-state index is 0.00543. The number of rotatable bonds is 10. The van der Waals surface area contributed by atoms with Gasteiger partial charge in [0, 0.05) is 12.8 Å². The molecule has 7 nitrogen and oxygen atoms in total. The summed E-state index contributed by atoms with van der Waals surface area (Å²) in [6, 6.07) is 14.3. The number of ketones is 1. The minimum atomic E-state index is -0.656. The van der Waals surface area contributed by atoms with E-state index in [1.807, 2.05) is 30.3 Å². The van der Waals surface area contributed by atoms with E-state index in [2.05, 4.69) is 31.1 Å². The Morgan fingerprint density at radius 1 is 1.00 bits per heavy atom. The second-order valence-corrected chi connectivity index (χ2v) is 9.16. The van der Waals surface area contributed by atoms with Gasteiger partial charge in [-0.05, 0) is 35.1 Å². The molecule has 0 aliphatic carbocycles. The summed E-state index contributed by atoms with van der Waals surface area (Å²) in [5.41, 5.74) is 7.79. The van der Waals surface area contributed by atoms with Crippen LogP contribution in [0.1, 0.15) is 44.7 Å². The molecule has 2 aromatic rings. The van der Waals surface area contributed by atoms with Gasteiger partial charge in [0.25, 0.3) is 0 Å². The highest BCUT2D eigenvalue weighted by molar-refractivity contribution is 5.98. The van der Waals surface area contributed by atoms with Gasteiger partial charge >= 0.3 is 0 Å². The van der Waals surface area contributed by atoms with Gasteiger partial charge in [0.15, 0.2) is 23.2 Å². The van der Waals surface area contributed by atoms with Crippen LogP contribution >= 0.6 is 0 Å². The molecule has 2 aromatic carbocycles. The molecule has 0 aliphatic heterocycles. The van der Waals surface area contributed by atoms with Crippen LogP contribution in [0.4, 0.5) is 0 Å². The third-order valence-electron chi connectivity index (χ3n) is 5.14. The summed E-state index contributed by atoms with van der Waals surface area (Å²) in [5, 5.41) is 2.60. The third kappa shape index (κ3) is 8.96. The molecule has 1 atom stereocenters. The Bertz CT molecular complexity index is 965. The van der Waals surface area contributed by atoms with Crippen LogP contribution in [0.25, 0.3) is 0 Å². The van der Waals surface area contributed by atoms with Crippen molar-refractivity contribution in [3.05, 3.63) is 59.7 Å². The topological polar surface area (TPSA) is 103 Å². The molecule has 0 saturated heterocycles. The lowest BCUT2D eigenvalue weighted by molar-refractivity contribution is -0.121. The number of carbonyl (C=O) groups is 2. The van der Waals surface area contributed by atoms with Crippen LogP contribution in [0.5, 0.6) is 11.5 Å². The van der Waals surface area contributed by atoms with Gasteiger partial charge < -0.3 is 15.2 Å². The Balaban J connectivity index is 2.10. The van der Waals surface area contributed by atoms with Crippen molar-refractivity contribution in [2.75, 3.05) is 14.2 Å². The summed E-state index contributed by atoms with van der Waals surface area (Å²) in [4.78, 5) is 29.8. The average Bonchev–Trinajstić information content (AvgIpc) is 2.76. The summed E-state index contributed by atoms with van der Waals surface area (Å²) in [7, 11) is 3.09. The van der Waals surface area contributed by atoms with Crippen molar-refractivity contribution in [2.45, 2.75) is 52.5 Å². The lowest BCUT2D eigenvalue weighted by Crippen LogP contribution is -2.40. The molecule has 0 bridgehead atoms. The lowest BCUT2D eigenvalue weighted by atomic mass is 9.88. The standard InChI is InChI=1S/C26H35N3O4/c1-26(2,3)14-13-21(30)20(15-18-9-7-6-8-10-18)28-25(27)29-24(31)17-19-11-12-22(32-4)23(16-19)33-5/h6-12,16,20H,13-15,17H2,1-5H3,(H3,27,28,29,31)/t20-/m1/s1. The van der Waals surface area contributed by atoms with E-state index in [9.17, 15) is 9.59 Å². The van der Waals surface area contributed by atoms with E-state index in [0.29, 0.717) is 24.3 Å². The zero-order valence-electron chi connectivity index (χ0n) is 20.2. The van der Waals surface area contributed by atoms with Crippen LogP contribution in [-0.2, 0) is 22.4 Å². The van der Waals surface area contributed by atoms with E-state index in [4.69, 9.17) is 15.2 Å². The molecular formula is C26H35N3O4. The Morgan fingerprint density at radius 2 is 1.67 bits per heavy atom. The number of hydrogen-bond donors (Lipinski definition) is 2. The van der Waals surface area contributed by atoms with Gasteiger partial charge in [0.2, 0.25) is 5.91 Å². The molecule has 0 spiro atoms. The van der Waals surface area contributed by atoms with E-state index in [0.717, 1.165) is 17.5 Å². The van der Waals surface area contributed by atoms with Crippen molar-refractivity contribution in [3.63, 3.8) is 0 Å². The Kier molecular flexibility index (Phi) is 9.45. The molecule has 33 heavy (non-hydrogen) atoms. The fourth-order valence-electron chi connectivity index (χ4n) is 3.30. The van der Waals surface area contributed by atoms with Gasteiger partial charge in [-0.25, -0.2) is 4.99 Å². The van der Waals surface area contributed by atoms with Crippen molar-refractivity contribution < 1.29 is 19.1 Å². The number of Topliss-reactive ketones (excluding diaryl/α,β-unsaturated/α-hetero) is 1. The second kappa shape index (κ2) is 12.0. The number of nitrogens with one attached hydrogen (secondary N) is 1. The van der Waals surface area contributed by atoms with E-state index in [-0.39, 0.29) is 29.5 Å². The molecule has 1 amide bonds. The highest BCUT2D eigenvalue weighted by Crippen LogP contribution is 2.27. The largest absolute Gasteiger partial charge is 0.493 e. The van der Waals surface area contributed by atoms with Crippen LogP contribution < -0.4 is 20.5 Å². The van der Waals surface area contributed by atoms with Gasteiger partial charge in [0.1, 0.15) is 6.04 Å². The van der Waals surface area contributed by atoms with Gasteiger partial charge in [-0.3, -0.25) is 14.9 Å². The highest BCUT2D eigenvalue weighted by Gasteiger charge is 2.22. The summed E-state index contributed by atoms with van der Waals surface area (Å²) < 4.78 is 10.5. The molecule has 0 heterocycles. The van der Waals surface area contributed by atoms with E-state index < -0.39 is 6.04 Å². The molecule has 0 unspecified atom stereocenters. The molecule has 178 valence electrons. The summed E-state index contributed by atoms with van der Waals surface area (Å²) >= 11 is 0. The molecule has 0 fully saturated rings. The maximum Gasteiger partial charge on any atom is 0.231 e. The molecule has 0 radical (unpaired) electrons. The molecule has 3 N–H and O–H groups in total. The van der Waals surface area contributed by atoms with Crippen LogP contribution in [0.2, 0.25) is 0 Å². The summed E-state index contributed by atoms with van der Waals surface area (Å²) in [6.07, 6.45) is 1.66. The number of amides is 1. The molecule has 7 heteroatoms. The Morgan fingerprint density at radius 3 is 2.27 bits per heavy atom. The first-order valence-corrected chi connectivity index (χ1v) is 11.0. The average molecular weight is 454 g/mol. The predicted molar refractivity (Wildman–Crippen MR) is 131 cm³/mol. The minimum Gasteiger partial charge on any atom is -0.493 e. The normalized spacial score (nSPS) is 12.7. The maximum atomic E-state index is 12.9. The molecular weight excluding hydrogens is 418 g/mol. The zero-order chi connectivity index (χ0) is 24.4. The van der Waals surface area contributed by atoms with Crippen molar-refractivity contribution in [2.24, 2.45) is 16.1 Å². The van der Waals surface area contributed by atoms with Crippen LogP contribution in [0.3, 0.4) is 0 Å². The molecule has 0 aromatic heterocycles. The van der Waals surface area contributed by atoms with E-state index in [1.165, 1.54) is 7.11 Å². The fourth-order valence-corrected chi connectivity index (χ4v) is 3.30. The monoisotopic (exact) mass is 453 g/mol. The van der Waals surface area contributed by atoms with Crippen molar-refractivity contribution >= 4 is 17.6 Å². The molecule has 0 saturated carbocycles. The second-order valence-electron chi connectivity index (χ2n) is 9.16. The van der Waals surface area contributed by atoms with E-state index in [1.54, 1.807) is 25.3 Å². The van der Waals surface area contributed by atoms with Crippen LogP contribution in [-0.4, -0.2) is 37.9 Å². The SMILES string of the molecule is COc1ccc(CC(=O)NC(N)=N[C@H](Cc2ccccc2)C(=O)CCC(C)(C)C)cc1OC. The van der Waals surface area contributed by atoms with Crippen molar-refractivity contribution in [3.8, 4) is 11.5 Å². The number of benzene rings is 2. The number of methoxy groups -OCH3 is 2. The zero-order valence-corrected chi connectivity index (χ0v) is 20.2. The number of nitrogens with two attached hydrogens (primary N) is 1. The van der Waals surface area contributed by atoms with Crippen molar-refractivity contribution in [1.29, 1.82) is 0 Å². The quantitative estimate of drug-likeness (QED) is 0.422. The highest BCUT2D eigenvalue weighted by atomic mass is 16.5. The van der Waals surface area contributed by atoms with Gasteiger partial charge in [-0.15, -0.1) is 0 Å². The number of ether oxygens (including phenoxy) is 2. The van der Waals surface area contributed by atoms with Crippen LogP contribution in [0.15, 0.2) is 53.5 Å². The van der Waals surface area contributed by atoms with E-state index >= 15 is 0 Å². The maximum absolute atomic E-state index is 12.9. The first-order valence-electron chi connectivity index (χ1n) is 11.0. The number of hydrogen-bond acceptors (Lipinski definition) is 5. The third-order valence-corrected chi connectivity index (χ3v) is 5.14. The molecule has 2 rings (SSSR count). The Labute approximate surface area is 196 Å². The van der Waals surface area contributed by atoms with Crippen molar-refractivity contribution in [1.82, 2.24) is 5.32 Å². The Hall–Kier alpha value is -3.35. The number of carbonyl (C=O) groups excluding carboxylic acids is 2. The predicted octanol–water partition coefficient (Wildman–Crippen LogP) is 3.68. The summed E-state index contributed by atoms with van der Waals surface area (Å²) in [6.45, 7) is 6.29. The number of guanidine groups is 1. The fraction of sp³-hybridized carbons (Fsp3) is 0.423. The lowest BCUT2D eigenvalue weighted by Gasteiger charge is -2.19. The van der Waals surface area contributed by atoms with Gasteiger partial charge in [0.05, 0.1) is 20.6 Å². The van der Waals surface area contributed by atoms with Gasteiger partial charge in [-0.2, -0.15) is 0 Å². The van der Waals surface area contributed by atoms with Crippen LogP contribution in [0, 0.1) is 5.41 Å².